The molecule has 3 rings (SSSR count). The van der Waals surface area contributed by atoms with Gasteiger partial charge < -0.3 is 4.74 Å². The third kappa shape index (κ3) is 1.20. The van der Waals surface area contributed by atoms with Crippen LogP contribution < -0.4 is 11.4 Å². The van der Waals surface area contributed by atoms with Crippen LogP contribution in [0.25, 0.3) is 0 Å². The molecule has 0 spiro atoms. The molecule has 6 heteroatoms. The molecule has 18 heavy (non-hydrogen) atoms. The standard InChI is InChI=1S/C12H13N3O3/c1-13-11(16)14-9-7-5-3-4-6-8(9)10(18-2)15(14)12(13)17/h3-7,9-10H,1-2H3/t9-,10+/m0/s1. The van der Waals surface area contributed by atoms with Crippen molar-refractivity contribution in [1.82, 2.24) is 13.9 Å². The first kappa shape index (κ1) is 11.0. The Balaban J connectivity index is 2.35. The van der Waals surface area contributed by atoms with Gasteiger partial charge in [-0.15, -0.1) is 0 Å². The van der Waals surface area contributed by atoms with Crippen molar-refractivity contribution < 1.29 is 4.74 Å². The van der Waals surface area contributed by atoms with E-state index < -0.39 is 6.23 Å². The van der Waals surface area contributed by atoms with Crippen LogP contribution in [-0.2, 0) is 11.8 Å². The number of ether oxygens (including phenoxy) is 1. The lowest BCUT2D eigenvalue weighted by atomic mass is 10.1. The second-order valence-electron chi connectivity index (χ2n) is 4.28. The zero-order chi connectivity index (χ0) is 12.9. The predicted molar refractivity (Wildman–Crippen MR) is 65.4 cm³/mol. The van der Waals surface area contributed by atoms with Crippen LogP contribution in [0.2, 0.25) is 0 Å². The minimum Gasteiger partial charge on any atom is -0.355 e. The monoisotopic (exact) mass is 247 g/mol. The van der Waals surface area contributed by atoms with Crippen molar-refractivity contribution in [2.45, 2.75) is 12.3 Å². The summed E-state index contributed by atoms with van der Waals surface area (Å²) in [5, 5.41) is 0. The molecule has 0 N–H and O–H groups in total. The van der Waals surface area contributed by atoms with Crippen molar-refractivity contribution >= 4 is 0 Å². The number of fused-ring (bicyclic) bond motifs is 3. The topological polar surface area (TPSA) is 58.2 Å². The van der Waals surface area contributed by atoms with Gasteiger partial charge in [-0.05, 0) is 0 Å². The molecule has 1 aromatic rings. The average Bonchev–Trinajstić information content (AvgIpc) is 2.66. The summed E-state index contributed by atoms with van der Waals surface area (Å²) in [6, 6.07) is -0.258. The molecular formula is C12H13N3O3. The second-order valence-corrected chi connectivity index (χ2v) is 4.28. The van der Waals surface area contributed by atoms with E-state index in [2.05, 4.69) is 0 Å². The molecule has 0 saturated carbocycles. The van der Waals surface area contributed by atoms with Crippen LogP contribution in [0.5, 0.6) is 0 Å². The molecule has 0 fully saturated rings. The smallest absolute Gasteiger partial charge is 0.349 e. The molecule has 94 valence electrons. The van der Waals surface area contributed by atoms with E-state index in [-0.39, 0.29) is 17.4 Å². The number of rotatable bonds is 1. The van der Waals surface area contributed by atoms with Crippen LogP contribution in [-0.4, -0.2) is 21.0 Å². The van der Waals surface area contributed by atoms with Gasteiger partial charge in [-0.2, -0.15) is 4.68 Å². The number of aromatic nitrogens is 3. The highest BCUT2D eigenvalue weighted by Gasteiger charge is 2.38. The zero-order valence-corrected chi connectivity index (χ0v) is 10.1. The SMILES string of the molecule is CO[C@@H]1C2=CC=CC=C[C@@H]2n2c(=O)n(C)c(=O)n21. The Hall–Kier alpha value is -2.08. The van der Waals surface area contributed by atoms with Crippen LogP contribution in [0.3, 0.4) is 0 Å². The van der Waals surface area contributed by atoms with Crippen molar-refractivity contribution in [2.75, 3.05) is 7.11 Å². The molecule has 0 saturated heterocycles. The minimum atomic E-state index is -0.524. The molecule has 1 aliphatic carbocycles. The number of hydrogen-bond donors (Lipinski definition) is 0. The molecule has 1 aromatic heterocycles. The third-order valence-electron chi connectivity index (χ3n) is 3.34. The molecule has 2 atom stereocenters. The van der Waals surface area contributed by atoms with Gasteiger partial charge in [0.2, 0.25) is 0 Å². The van der Waals surface area contributed by atoms with E-state index in [1.54, 1.807) is 0 Å². The summed E-state index contributed by atoms with van der Waals surface area (Å²) in [5.41, 5.74) is 0.192. The molecule has 0 radical (unpaired) electrons. The van der Waals surface area contributed by atoms with E-state index in [9.17, 15) is 9.59 Å². The van der Waals surface area contributed by atoms with E-state index in [4.69, 9.17) is 4.74 Å². The van der Waals surface area contributed by atoms with Gasteiger partial charge in [0.1, 0.15) is 0 Å². The highest BCUT2D eigenvalue weighted by molar-refractivity contribution is 5.32. The van der Waals surface area contributed by atoms with Crippen LogP contribution in [0.1, 0.15) is 12.3 Å². The van der Waals surface area contributed by atoms with Crippen LogP contribution >= 0.6 is 0 Å². The van der Waals surface area contributed by atoms with Gasteiger partial charge in [-0.1, -0.05) is 30.4 Å². The minimum absolute atomic E-state index is 0.258. The van der Waals surface area contributed by atoms with Gasteiger partial charge in [-0.25, -0.2) is 18.8 Å². The summed E-state index contributed by atoms with van der Waals surface area (Å²) in [4.78, 5) is 24.1. The average molecular weight is 247 g/mol. The molecule has 1 aliphatic heterocycles. The van der Waals surface area contributed by atoms with Crippen LogP contribution in [0, 0.1) is 0 Å². The lowest BCUT2D eigenvalue weighted by Crippen LogP contribution is -2.29. The first-order valence-corrected chi connectivity index (χ1v) is 5.64. The summed E-state index contributed by atoms with van der Waals surface area (Å²) in [7, 11) is 3.00. The van der Waals surface area contributed by atoms with Gasteiger partial charge in [-0.3, -0.25) is 0 Å². The van der Waals surface area contributed by atoms with E-state index >= 15 is 0 Å². The number of allylic oxidation sites excluding steroid dienone is 5. The summed E-state index contributed by atoms with van der Waals surface area (Å²) in [6.45, 7) is 0. The molecule has 2 heterocycles. The largest absolute Gasteiger partial charge is 0.355 e. The fraction of sp³-hybridized carbons (Fsp3) is 0.333. The maximum atomic E-state index is 12.1. The molecule has 0 aromatic carbocycles. The first-order chi connectivity index (χ1) is 8.66. The predicted octanol–water partition coefficient (Wildman–Crippen LogP) is 0.101. The van der Waals surface area contributed by atoms with Gasteiger partial charge in [0, 0.05) is 19.7 Å². The fourth-order valence-corrected chi connectivity index (χ4v) is 2.48. The Morgan fingerprint density at radius 1 is 1.11 bits per heavy atom. The molecule has 0 amide bonds. The van der Waals surface area contributed by atoms with Crippen molar-refractivity contribution in [3.05, 3.63) is 56.9 Å². The summed E-state index contributed by atoms with van der Waals surface area (Å²) < 4.78 is 9.26. The second kappa shape index (κ2) is 3.71. The number of hydrogen-bond acceptors (Lipinski definition) is 3. The molecule has 0 bridgehead atoms. The normalized spacial score (nSPS) is 24.7. The number of nitrogens with zero attached hydrogens (tertiary/aromatic N) is 3. The Labute approximate surface area is 103 Å². The fourth-order valence-electron chi connectivity index (χ4n) is 2.48. The summed E-state index contributed by atoms with van der Waals surface area (Å²) in [6.07, 6.45) is 8.86. The lowest BCUT2D eigenvalue weighted by molar-refractivity contribution is 0.0706. The van der Waals surface area contributed by atoms with Crippen molar-refractivity contribution in [2.24, 2.45) is 7.05 Å². The Morgan fingerprint density at radius 2 is 1.83 bits per heavy atom. The Bertz CT molecular complexity index is 699. The first-order valence-electron chi connectivity index (χ1n) is 5.64. The van der Waals surface area contributed by atoms with Crippen molar-refractivity contribution in [3.8, 4) is 0 Å². The van der Waals surface area contributed by atoms with E-state index in [0.717, 1.165) is 10.1 Å². The van der Waals surface area contributed by atoms with Gasteiger partial charge in [0.05, 0.1) is 6.04 Å². The zero-order valence-electron chi connectivity index (χ0n) is 10.1. The Morgan fingerprint density at radius 3 is 2.56 bits per heavy atom. The number of methoxy groups -OCH3 is 1. The van der Waals surface area contributed by atoms with Gasteiger partial charge in [0.15, 0.2) is 6.23 Å². The molecule has 6 nitrogen and oxygen atoms in total. The van der Waals surface area contributed by atoms with E-state index in [1.807, 2.05) is 30.4 Å². The maximum Gasteiger partial charge on any atom is 0.349 e. The summed E-state index contributed by atoms with van der Waals surface area (Å²) in [5.74, 6) is 0. The van der Waals surface area contributed by atoms with Crippen molar-refractivity contribution in [3.63, 3.8) is 0 Å². The highest BCUT2D eigenvalue weighted by Crippen LogP contribution is 2.35. The van der Waals surface area contributed by atoms with Crippen LogP contribution in [0.4, 0.5) is 0 Å². The Kier molecular flexibility index (Phi) is 2.27. The van der Waals surface area contributed by atoms with E-state index in [1.165, 1.54) is 23.5 Å². The third-order valence-corrected chi connectivity index (χ3v) is 3.34. The van der Waals surface area contributed by atoms with Crippen molar-refractivity contribution in [1.29, 1.82) is 0 Å². The van der Waals surface area contributed by atoms with Gasteiger partial charge >= 0.3 is 11.4 Å². The highest BCUT2D eigenvalue weighted by atomic mass is 16.5. The van der Waals surface area contributed by atoms with Crippen LogP contribution in [0.15, 0.2) is 45.5 Å². The summed E-state index contributed by atoms with van der Waals surface area (Å²) >= 11 is 0. The quantitative estimate of drug-likeness (QED) is 0.707. The molecule has 0 unspecified atom stereocenters. The van der Waals surface area contributed by atoms with E-state index in [0.29, 0.717) is 0 Å². The van der Waals surface area contributed by atoms with Gasteiger partial charge in [0.25, 0.3) is 0 Å². The molecule has 2 aliphatic rings. The maximum absolute atomic E-state index is 12.1. The lowest BCUT2D eigenvalue weighted by Gasteiger charge is -2.11. The molecular weight excluding hydrogens is 234 g/mol.